The van der Waals surface area contributed by atoms with Crippen LogP contribution in [0.25, 0.3) is 16.9 Å². The zero-order valence-corrected chi connectivity index (χ0v) is 22.8. The maximum atomic E-state index is 10.3. The van der Waals surface area contributed by atoms with Gasteiger partial charge in [-0.25, -0.2) is 4.98 Å². The minimum Gasteiger partial charge on any atom is -0.369 e. The Labute approximate surface area is 217 Å². The van der Waals surface area contributed by atoms with Gasteiger partial charge in [-0.1, -0.05) is 75.4 Å². The lowest BCUT2D eigenvalue weighted by Gasteiger charge is -2.11. The molecule has 0 radical (unpaired) electrons. The molecule has 0 saturated carbocycles. The summed E-state index contributed by atoms with van der Waals surface area (Å²) in [4.78, 5) is 15.1. The van der Waals surface area contributed by atoms with E-state index < -0.39 is 0 Å². The van der Waals surface area contributed by atoms with Gasteiger partial charge in [-0.15, -0.1) is 0 Å². The fourth-order valence-electron chi connectivity index (χ4n) is 3.41. The molecule has 0 aliphatic heterocycles. The molecule has 0 fully saturated rings. The molecule has 2 N–H and O–H groups in total. The predicted octanol–water partition coefficient (Wildman–Crippen LogP) is 6.19. The number of rotatable bonds is 8. The number of aldehydes is 1. The number of carbonyl (C=O) groups is 1. The number of likely N-dealkylation sites (N-methyl/N-ethyl adjacent to an activating group) is 1. The number of carbonyl (C=O) groups excluding carboxylic acids is 1. The summed E-state index contributed by atoms with van der Waals surface area (Å²) in [5.41, 5.74) is 5.32. The molecule has 7 heteroatoms. The van der Waals surface area contributed by atoms with Crippen molar-refractivity contribution in [1.29, 1.82) is 0 Å². The van der Waals surface area contributed by atoms with Gasteiger partial charge in [-0.2, -0.15) is 9.61 Å². The first-order valence-corrected chi connectivity index (χ1v) is 12.8. The highest BCUT2D eigenvalue weighted by atomic mass is 79.9. The summed E-state index contributed by atoms with van der Waals surface area (Å²) in [6, 6.07) is 20.4. The number of halogens is 1. The number of benzene rings is 2. The molecule has 186 valence electrons. The van der Waals surface area contributed by atoms with Gasteiger partial charge in [0.15, 0.2) is 5.65 Å². The molecular weight excluding hydrogens is 502 g/mol. The molecule has 0 amide bonds. The number of hydrogen-bond donors (Lipinski definition) is 2. The second-order valence-electron chi connectivity index (χ2n) is 7.90. The fourth-order valence-corrected chi connectivity index (χ4v) is 3.76. The first-order chi connectivity index (χ1) is 17.0. The van der Waals surface area contributed by atoms with Gasteiger partial charge in [0.25, 0.3) is 0 Å². The summed E-state index contributed by atoms with van der Waals surface area (Å²) < 4.78 is 2.71. The van der Waals surface area contributed by atoms with Crippen molar-refractivity contribution in [1.82, 2.24) is 19.9 Å². The van der Waals surface area contributed by atoms with E-state index in [0.29, 0.717) is 0 Å². The van der Waals surface area contributed by atoms with E-state index in [4.69, 9.17) is 4.98 Å². The smallest absolute Gasteiger partial charge is 0.172 e. The van der Waals surface area contributed by atoms with E-state index in [1.807, 2.05) is 80.9 Å². The predicted molar refractivity (Wildman–Crippen MR) is 150 cm³/mol. The van der Waals surface area contributed by atoms with Gasteiger partial charge in [0.1, 0.15) is 12.1 Å². The summed E-state index contributed by atoms with van der Waals surface area (Å²) in [5.74, 6) is 1.07. The molecule has 0 bridgehead atoms. The topological polar surface area (TPSA) is 71.3 Å². The van der Waals surface area contributed by atoms with Crippen LogP contribution in [0.5, 0.6) is 0 Å². The Morgan fingerprint density at radius 1 is 1.06 bits per heavy atom. The van der Waals surface area contributed by atoms with Crippen LogP contribution in [-0.2, 0) is 11.2 Å². The van der Waals surface area contributed by atoms with Gasteiger partial charge in [-0.3, -0.25) is 0 Å². The lowest BCUT2D eigenvalue weighted by molar-refractivity contribution is -0.110. The summed E-state index contributed by atoms with van der Waals surface area (Å²) in [7, 11) is 1.94. The van der Waals surface area contributed by atoms with Crippen molar-refractivity contribution in [2.75, 3.05) is 25.5 Å². The third-order valence-corrected chi connectivity index (χ3v) is 5.72. The van der Waals surface area contributed by atoms with Crippen molar-refractivity contribution in [3.8, 4) is 11.3 Å². The summed E-state index contributed by atoms with van der Waals surface area (Å²) >= 11 is 3.52. The van der Waals surface area contributed by atoms with E-state index >= 15 is 0 Å². The number of anilines is 1. The van der Waals surface area contributed by atoms with Crippen molar-refractivity contribution < 1.29 is 4.79 Å². The third-order valence-electron chi connectivity index (χ3n) is 5.16. The van der Waals surface area contributed by atoms with Crippen LogP contribution in [0.15, 0.2) is 71.3 Å². The zero-order valence-electron chi connectivity index (χ0n) is 21.3. The van der Waals surface area contributed by atoms with Crippen LogP contribution in [0.3, 0.4) is 0 Å². The number of nitrogens with one attached hydrogen (secondary N) is 2. The molecule has 2 aromatic carbocycles. The quantitative estimate of drug-likeness (QED) is 0.207. The summed E-state index contributed by atoms with van der Waals surface area (Å²) in [5, 5.41) is 10.9. The van der Waals surface area contributed by atoms with Crippen molar-refractivity contribution in [3.05, 3.63) is 82.5 Å². The number of fused-ring (bicyclic) bond motifs is 1. The fraction of sp³-hybridized carbons (Fsp3) is 0.321. The highest BCUT2D eigenvalue weighted by molar-refractivity contribution is 9.10. The van der Waals surface area contributed by atoms with Crippen LogP contribution in [0, 0.1) is 12.8 Å². The molecule has 1 unspecified atom stereocenters. The molecule has 4 aromatic rings. The molecule has 6 nitrogen and oxygen atoms in total. The zero-order chi connectivity index (χ0) is 25.6. The molecule has 1 atom stereocenters. The molecule has 2 aromatic heterocycles. The highest BCUT2D eigenvalue weighted by Crippen LogP contribution is 2.27. The molecule has 2 heterocycles. The molecule has 0 spiro atoms. The van der Waals surface area contributed by atoms with E-state index in [1.165, 1.54) is 11.1 Å². The van der Waals surface area contributed by atoms with E-state index in [2.05, 4.69) is 50.7 Å². The van der Waals surface area contributed by atoms with Gasteiger partial charge in [0, 0.05) is 30.6 Å². The van der Waals surface area contributed by atoms with Crippen LogP contribution in [0.1, 0.15) is 31.9 Å². The first-order valence-electron chi connectivity index (χ1n) is 12.0. The Morgan fingerprint density at radius 3 is 2.40 bits per heavy atom. The van der Waals surface area contributed by atoms with Crippen LogP contribution < -0.4 is 10.6 Å². The van der Waals surface area contributed by atoms with Gasteiger partial charge in [-0.05, 0) is 47.4 Å². The minimum atomic E-state index is 0.136. The van der Waals surface area contributed by atoms with Crippen molar-refractivity contribution in [3.63, 3.8) is 0 Å². The number of aromatic nitrogens is 3. The lowest BCUT2D eigenvalue weighted by atomic mass is 10.0. The van der Waals surface area contributed by atoms with Crippen LogP contribution >= 0.6 is 15.9 Å². The lowest BCUT2D eigenvalue weighted by Crippen LogP contribution is -2.19. The number of hydrogen-bond acceptors (Lipinski definition) is 5. The average Bonchev–Trinajstić information content (AvgIpc) is 3.27. The van der Waals surface area contributed by atoms with Gasteiger partial charge in [0.2, 0.25) is 0 Å². The van der Waals surface area contributed by atoms with Crippen molar-refractivity contribution >= 4 is 33.7 Å². The van der Waals surface area contributed by atoms with Crippen LogP contribution in [0.4, 0.5) is 5.82 Å². The maximum Gasteiger partial charge on any atom is 0.172 e. The summed E-state index contributed by atoms with van der Waals surface area (Å²) in [6.45, 7) is 9.73. The maximum absolute atomic E-state index is 10.3. The van der Waals surface area contributed by atoms with Gasteiger partial charge < -0.3 is 15.4 Å². The van der Waals surface area contributed by atoms with E-state index in [0.717, 1.165) is 53.0 Å². The minimum absolute atomic E-state index is 0.136. The monoisotopic (exact) mass is 537 g/mol. The highest BCUT2D eigenvalue weighted by Gasteiger charge is 2.12. The number of nitrogens with zero attached hydrogens (tertiary/aromatic N) is 3. The average molecular weight is 539 g/mol. The first kappa shape index (κ1) is 28.2. The second-order valence-corrected chi connectivity index (χ2v) is 8.76. The molecule has 4 rings (SSSR count). The largest absolute Gasteiger partial charge is 0.369 e. The molecule has 35 heavy (non-hydrogen) atoms. The van der Waals surface area contributed by atoms with Crippen LogP contribution in [0.2, 0.25) is 0 Å². The van der Waals surface area contributed by atoms with E-state index in [9.17, 15) is 4.79 Å². The van der Waals surface area contributed by atoms with Gasteiger partial charge in [0.05, 0.1) is 16.4 Å². The third kappa shape index (κ3) is 8.30. The van der Waals surface area contributed by atoms with Crippen molar-refractivity contribution in [2.24, 2.45) is 5.92 Å². The summed E-state index contributed by atoms with van der Waals surface area (Å²) in [6.07, 6.45) is 3.62. The Morgan fingerprint density at radius 2 is 1.74 bits per heavy atom. The van der Waals surface area contributed by atoms with Gasteiger partial charge >= 0.3 is 0 Å². The second kappa shape index (κ2) is 15.1. The Kier molecular flexibility index (Phi) is 12.1. The molecular formula is C28H36BrN5O. The Hall–Kier alpha value is -3.03. The normalized spacial score (nSPS) is 11.0. The van der Waals surface area contributed by atoms with Crippen molar-refractivity contribution in [2.45, 2.75) is 34.1 Å². The molecule has 0 aliphatic carbocycles. The van der Waals surface area contributed by atoms with E-state index in [-0.39, 0.29) is 5.92 Å². The Balaban J connectivity index is 0.000000280. The molecule has 0 aliphatic rings. The molecule has 0 saturated heterocycles. The standard InChI is InChI=1S/C16H18BrN5.C10H12O.C2H6/c1-11-5-3-4-6-12(11)14-9-15(19-8-7-18-2)22-16(21-14)13(17)10-20-22;1-9(8-11)7-10-5-3-2-4-6-10;1-2/h3-6,9-10,18-19H,7-8H2,1-2H3;2-6,8-9H,7H2,1H3;1-2H3. The SMILES string of the molecule is CC.CC(C=O)Cc1ccccc1.CNCCNc1cc(-c2ccccc2C)nc2c(Br)cnn12. The Bertz CT molecular complexity index is 1180. The van der Waals surface area contributed by atoms with E-state index in [1.54, 1.807) is 6.20 Å². The van der Waals surface area contributed by atoms with Crippen LogP contribution in [-0.4, -0.2) is 41.0 Å². The number of aryl methyl sites for hydroxylation is 1.